The van der Waals surface area contributed by atoms with E-state index >= 15 is 0 Å². The predicted molar refractivity (Wildman–Crippen MR) is 79.0 cm³/mol. The number of aliphatic hydroxyl groups is 1. The van der Waals surface area contributed by atoms with Crippen molar-refractivity contribution in [1.29, 1.82) is 0 Å². The van der Waals surface area contributed by atoms with Crippen LogP contribution in [0.1, 0.15) is 38.2 Å². The maximum absolute atomic E-state index is 10.6. The first-order valence-electron chi connectivity index (χ1n) is 6.83. The molecule has 2 rings (SSSR count). The van der Waals surface area contributed by atoms with E-state index < -0.39 is 11.7 Å². The summed E-state index contributed by atoms with van der Waals surface area (Å²) in [7, 11) is 0. The van der Waals surface area contributed by atoms with Crippen LogP contribution in [0.3, 0.4) is 0 Å². The second-order valence-electron chi connectivity index (χ2n) is 5.16. The Labute approximate surface area is 124 Å². The summed E-state index contributed by atoms with van der Waals surface area (Å²) in [4.78, 5) is 0. The van der Waals surface area contributed by atoms with Crippen molar-refractivity contribution >= 4 is 23.2 Å². The highest BCUT2D eigenvalue weighted by Gasteiger charge is 2.41. The zero-order valence-electron chi connectivity index (χ0n) is 11.2. The summed E-state index contributed by atoms with van der Waals surface area (Å²) in [6.45, 7) is 2.60. The average Bonchev–Trinajstić information content (AvgIpc) is 2.84. The minimum atomic E-state index is -0.536. The van der Waals surface area contributed by atoms with Gasteiger partial charge in [0.15, 0.2) is 0 Å². The van der Waals surface area contributed by atoms with Crippen LogP contribution in [-0.4, -0.2) is 23.4 Å². The Morgan fingerprint density at radius 2 is 2.00 bits per heavy atom. The molecule has 1 unspecified atom stereocenters. The lowest BCUT2D eigenvalue weighted by Crippen LogP contribution is -2.43. The molecular formula is C15H20Cl2O2. The summed E-state index contributed by atoms with van der Waals surface area (Å²) < 4.78 is 5.87. The lowest BCUT2D eigenvalue weighted by Gasteiger charge is -2.34. The first kappa shape index (κ1) is 15.1. The Kier molecular flexibility index (Phi) is 5.13. The fraction of sp³-hybridized carbons (Fsp3) is 0.600. The Hall–Kier alpha value is -0.280. The van der Waals surface area contributed by atoms with Crippen LogP contribution in [0.2, 0.25) is 10.0 Å². The summed E-state index contributed by atoms with van der Waals surface area (Å²) in [6.07, 6.45) is 4.01. The van der Waals surface area contributed by atoms with Gasteiger partial charge in [-0.2, -0.15) is 0 Å². The van der Waals surface area contributed by atoms with Crippen LogP contribution in [-0.2, 0) is 11.2 Å². The van der Waals surface area contributed by atoms with E-state index in [1.165, 1.54) is 0 Å². The van der Waals surface area contributed by atoms with E-state index in [2.05, 4.69) is 0 Å². The summed E-state index contributed by atoms with van der Waals surface area (Å²) in [5.41, 5.74) is 0.480. The summed E-state index contributed by atoms with van der Waals surface area (Å²) >= 11 is 12.1. The van der Waals surface area contributed by atoms with Gasteiger partial charge in [0, 0.05) is 23.1 Å². The molecule has 0 amide bonds. The first-order valence-corrected chi connectivity index (χ1v) is 7.59. The largest absolute Gasteiger partial charge is 0.390 e. The number of aliphatic hydroxyl groups excluding tert-OH is 1. The molecule has 1 aliphatic rings. The van der Waals surface area contributed by atoms with Gasteiger partial charge >= 0.3 is 0 Å². The van der Waals surface area contributed by atoms with E-state index in [0.29, 0.717) is 23.1 Å². The molecule has 1 aromatic rings. The molecule has 2 nitrogen and oxygen atoms in total. The molecule has 0 saturated heterocycles. The van der Waals surface area contributed by atoms with E-state index in [4.69, 9.17) is 27.9 Å². The third-order valence-corrected chi connectivity index (χ3v) is 4.51. The molecule has 0 radical (unpaired) electrons. The zero-order chi connectivity index (χ0) is 13.9. The lowest BCUT2D eigenvalue weighted by molar-refractivity contribution is -0.115. The molecule has 0 bridgehead atoms. The molecule has 1 aliphatic carbocycles. The Balaban J connectivity index is 2.14. The highest BCUT2D eigenvalue weighted by molar-refractivity contribution is 6.33. The molecule has 1 N–H and O–H groups in total. The van der Waals surface area contributed by atoms with Crippen LogP contribution in [0.4, 0.5) is 0 Å². The monoisotopic (exact) mass is 302 g/mol. The molecule has 1 fully saturated rings. The number of halogens is 2. The topological polar surface area (TPSA) is 29.5 Å². The van der Waals surface area contributed by atoms with Crippen LogP contribution in [0.15, 0.2) is 18.2 Å². The van der Waals surface area contributed by atoms with Gasteiger partial charge in [-0.25, -0.2) is 0 Å². The zero-order valence-corrected chi connectivity index (χ0v) is 12.7. The van der Waals surface area contributed by atoms with Crippen molar-refractivity contribution in [2.45, 2.75) is 50.7 Å². The molecule has 0 aromatic heterocycles. The molecule has 1 saturated carbocycles. The van der Waals surface area contributed by atoms with Crippen molar-refractivity contribution in [3.05, 3.63) is 33.8 Å². The molecule has 106 valence electrons. The number of hydrogen-bond acceptors (Lipinski definition) is 2. The second kappa shape index (κ2) is 6.45. The average molecular weight is 303 g/mol. The number of hydrogen-bond donors (Lipinski definition) is 1. The number of benzene rings is 1. The number of rotatable bonds is 5. The smallest absolute Gasteiger partial charge is 0.0943 e. The van der Waals surface area contributed by atoms with Crippen molar-refractivity contribution < 1.29 is 9.84 Å². The van der Waals surface area contributed by atoms with E-state index in [0.717, 1.165) is 31.2 Å². The summed E-state index contributed by atoms with van der Waals surface area (Å²) in [5.74, 6) is 0. The van der Waals surface area contributed by atoms with Crippen molar-refractivity contribution in [1.82, 2.24) is 0 Å². The van der Waals surface area contributed by atoms with Gasteiger partial charge in [0.05, 0.1) is 11.7 Å². The molecule has 0 spiro atoms. The molecule has 19 heavy (non-hydrogen) atoms. The highest BCUT2D eigenvalue weighted by Crippen LogP contribution is 2.38. The van der Waals surface area contributed by atoms with Crippen molar-refractivity contribution in [2.24, 2.45) is 0 Å². The van der Waals surface area contributed by atoms with Crippen LogP contribution >= 0.6 is 23.2 Å². The van der Waals surface area contributed by atoms with E-state index in [-0.39, 0.29) is 0 Å². The van der Waals surface area contributed by atoms with E-state index in [9.17, 15) is 5.11 Å². The lowest BCUT2D eigenvalue weighted by atomic mass is 9.89. The second-order valence-corrected chi connectivity index (χ2v) is 6.00. The van der Waals surface area contributed by atoms with E-state index in [1.807, 2.05) is 13.0 Å². The fourth-order valence-electron chi connectivity index (χ4n) is 2.93. The maximum Gasteiger partial charge on any atom is 0.0943 e. The third kappa shape index (κ3) is 3.43. The van der Waals surface area contributed by atoms with Crippen LogP contribution in [0.5, 0.6) is 0 Å². The molecule has 4 heteroatoms. The van der Waals surface area contributed by atoms with Gasteiger partial charge in [-0.3, -0.25) is 0 Å². The normalized spacial score (nSPS) is 19.6. The molecule has 0 heterocycles. The molecular weight excluding hydrogens is 283 g/mol. The van der Waals surface area contributed by atoms with Crippen LogP contribution in [0, 0.1) is 0 Å². The van der Waals surface area contributed by atoms with Crippen molar-refractivity contribution in [3.8, 4) is 0 Å². The highest BCUT2D eigenvalue weighted by atomic mass is 35.5. The maximum atomic E-state index is 10.6. The van der Waals surface area contributed by atoms with Crippen molar-refractivity contribution in [3.63, 3.8) is 0 Å². The quantitative estimate of drug-likeness (QED) is 0.881. The van der Waals surface area contributed by atoms with Gasteiger partial charge in [-0.05, 0) is 43.5 Å². The Morgan fingerprint density at radius 3 is 2.63 bits per heavy atom. The summed E-state index contributed by atoms with van der Waals surface area (Å²) in [5, 5.41) is 11.9. The fourth-order valence-corrected chi connectivity index (χ4v) is 3.32. The van der Waals surface area contributed by atoms with Gasteiger partial charge in [-0.1, -0.05) is 36.0 Å². The first-order chi connectivity index (χ1) is 9.07. The van der Waals surface area contributed by atoms with Crippen molar-refractivity contribution in [2.75, 3.05) is 6.61 Å². The van der Waals surface area contributed by atoms with Gasteiger partial charge in [0.25, 0.3) is 0 Å². The predicted octanol–water partition coefficient (Wildman–Crippen LogP) is 4.25. The van der Waals surface area contributed by atoms with Crippen LogP contribution in [0.25, 0.3) is 0 Å². The van der Waals surface area contributed by atoms with Gasteiger partial charge in [0.1, 0.15) is 0 Å². The molecule has 0 aliphatic heterocycles. The third-order valence-electron chi connectivity index (χ3n) is 3.91. The van der Waals surface area contributed by atoms with Gasteiger partial charge in [0.2, 0.25) is 0 Å². The standard InChI is InChI=1S/C15H20Cl2O2/c1-2-19-15(7-3-4-8-15)14(18)10-11-9-12(16)5-6-13(11)17/h5-6,9,14,18H,2-4,7-8,10H2,1H3. The minimum Gasteiger partial charge on any atom is -0.390 e. The number of ether oxygens (including phenoxy) is 1. The summed E-state index contributed by atoms with van der Waals surface area (Å²) in [6, 6.07) is 5.35. The Bertz CT molecular complexity index is 428. The molecule has 1 aromatic carbocycles. The van der Waals surface area contributed by atoms with Gasteiger partial charge in [-0.15, -0.1) is 0 Å². The van der Waals surface area contributed by atoms with E-state index in [1.54, 1.807) is 12.1 Å². The minimum absolute atomic E-state index is 0.402. The molecule has 1 atom stereocenters. The van der Waals surface area contributed by atoms with Crippen LogP contribution < -0.4 is 0 Å². The Morgan fingerprint density at radius 1 is 1.32 bits per heavy atom. The SMILES string of the molecule is CCOC1(C(O)Cc2cc(Cl)ccc2Cl)CCCC1. The van der Waals surface area contributed by atoms with Gasteiger partial charge < -0.3 is 9.84 Å².